The summed E-state index contributed by atoms with van der Waals surface area (Å²) >= 11 is 0. The molecule has 2 N–H and O–H groups in total. The van der Waals surface area contributed by atoms with Gasteiger partial charge in [-0.2, -0.15) is 0 Å². The monoisotopic (exact) mass is 531 g/mol. The predicted octanol–water partition coefficient (Wildman–Crippen LogP) is 2.58. The van der Waals surface area contributed by atoms with E-state index in [1.54, 1.807) is 6.33 Å². The third-order valence-electron chi connectivity index (χ3n) is 6.12. The highest BCUT2D eigenvalue weighted by molar-refractivity contribution is 14.0. The third kappa shape index (κ3) is 7.39. The standard InChI is InChI=1S/C21H37N7O.HI/c1-3-19-26-24-16-28(19)15-12-23-21(25-18-9-5-4-8-17(18)2)22-11-7-14-27-13-6-10-20(27)29;/h16-18H,3-15H2,1-2H3,(H2,22,23,25);1H. The summed E-state index contributed by atoms with van der Waals surface area (Å²) in [4.78, 5) is 18.5. The number of nitrogens with one attached hydrogen (secondary N) is 2. The van der Waals surface area contributed by atoms with Crippen molar-refractivity contribution in [3.63, 3.8) is 0 Å². The van der Waals surface area contributed by atoms with Crippen molar-refractivity contribution in [2.45, 2.75) is 77.8 Å². The van der Waals surface area contributed by atoms with Gasteiger partial charge >= 0.3 is 0 Å². The Morgan fingerprint density at radius 1 is 1.27 bits per heavy atom. The van der Waals surface area contributed by atoms with E-state index in [0.717, 1.165) is 63.8 Å². The number of guanidine groups is 1. The fourth-order valence-corrected chi connectivity index (χ4v) is 4.29. The number of hydrogen-bond donors (Lipinski definition) is 2. The molecule has 0 radical (unpaired) electrons. The lowest BCUT2D eigenvalue weighted by Gasteiger charge is -2.31. The Hall–Kier alpha value is -1.39. The number of carbonyl (C=O) groups excluding carboxylic acids is 1. The smallest absolute Gasteiger partial charge is 0.222 e. The van der Waals surface area contributed by atoms with E-state index >= 15 is 0 Å². The van der Waals surface area contributed by atoms with Gasteiger partial charge < -0.3 is 20.1 Å². The SMILES string of the molecule is CCc1nncn1CCNC(=NCCCN1CCCC1=O)NC1CCCCC1C.I. The van der Waals surface area contributed by atoms with Gasteiger partial charge in [0.2, 0.25) is 5.91 Å². The maximum Gasteiger partial charge on any atom is 0.222 e. The number of nitrogens with zero attached hydrogens (tertiary/aromatic N) is 5. The van der Waals surface area contributed by atoms with Crippen molar-refractivity contribution in [3.05, 3.63) is 12.2 Å². The minimum absolute atomic E-state index is 0. The molecular weight excluding hydrogens is 493 g/mol. The molecule has 2 heterocycles. The Morgan fingerprint density at radius 2 is 2.10 bits per heavy atom. The number of hydrogen-bond acceptors (Lipinski definition) is 4. The number of aliphatic imine (C=N–C) groups is 1. The number of aromatic nitrogens is 3. The van der Waals surface area contributed by atoms with Gasteiger partial charge in [-0.15, -0.1) is 34.2 Å². The largest absolute Gasteiger partial charge is 0.355 e. The van der Waals surface area contributed by atoms with Crippen molar-refractivity contribution in [2.24, 2.45) is 10.9 Å². The summed E-state index contributed by atoms with van der Waals surface area (Å²) in [5.41, 5.74) is 0. The van der Waals surface area contributed by atoms with Crippen LogP contribution in [0.4, 0.5) is 0 Å². The zero-order valence-electron chi connectivity index (χ0n) is 18.5. The van der Waals surface area contributed by atoms with Gasteiger partial charge in [0.15, 0.2) is 5.96 Å². The molecule has 1 saturated carbocycles. The first-order chi connectivity index (χ1) is 14.2. The molecule has 2 fully saturated rings. The number of carbonyl (C=O) groups is 1. The zero-order valence-corrected chi connectivity index (χ0v) is 20.8. The highest BCUT2D eigenvalue weighted by Gasteiger charge is 2.22. The molecule has 1 aromatic heterocycles. The first-order valence-corrected chi connectivity index (χ1v) is 11.4. The Morgan fingerprint density at radius 3 is 2.83 bits per heavy atom. The summed E-state index contributed by atoms with van der Waals surface area (Å²) in [6, 6.07) is 0.483. The molecule has 0 bridgehead atoms. The zero-order chi connectivity index (χ0) is 20.5. The summed E-state index contributed by atoms with van der Waals surface area (Å²) in [6.07, 6.45) is 10.4. The van der Waals surface area contributed by atoms with Crippen LogP contribution in [0.15, 0.2) is 11.3 Å². The summed E-state index contributed by atoms with van der Waals surface area (Å²) in [6.45, 7) is 8.48. The van der Waals surface area contributed by atoms with E-state index in [2.05, 4.69) is 39.2 Å². The topological polar surface area (TPSA) is 87.4 Å². The number of aryl methyl sites for hydroxylation is 1. The third-order valence-corrected chi connectivity index (χ3v) is 6.12. The van der Waals surface area contributed by atoms with Crippen LogP contribution in [0.3, 0.4) is 0 Å². The second-order valence-electron chi connectivity index (χ2n) is 8.30. The molecule has 1 aromatic rings. The van der Waals surface area contributed by atoms with Crippen LogP contribution in [0, 0.1) is 5.92 Å². The molecule has 170 valence electrons. The van der Waals surface area contributed by atoms with Gasteiger partial charge in [0, 0.05) is 51.6 Å². The van der Waals surface area contributed by atoms with E-state index in [9.17, 15) is 4.79 Å². The Balaban J connectivity index is 0.00000320. The highest BCUT2D eigenvalue weighted by atomic mass is 127. The molecule has 1 saturated heterocycles. The first kappa shape index (κ1) is 24.9. The van der Waals surface area contributed by atoms with Gasteiger partial charge in [-0.3, -0.25) is 9.79 Å². The van der Waals surface area contributed by atoms with Crippen LogP contribution >= 0.6 is 24.0 Å². The molecule has 3 rings (SSSR count). The van der Waals surface area contributed by atoms with E-state index in [4.69, 9.17) is 4.99 Å². The normalized spacial score (nSPS) is 22.1. The molecule has 0 spiro atoms. The second kappa shape index (κ2) is 13.1. The van der Waals surface area contributed by atoms with Gasteiger partial charge in [-0.1, -0.05) is 26.7 Å². The van der Waals surface area contributed by atoms with Crippen molar-refractivity contribution in [2.75, 3.05) is 26.2 Å². The quantitative estimate of drug-likeness (QED) is 0.222. The number of likely N-dealkylation sites (tertiary alicyclic amines) is 1. The molecule has 8 nitrogen and oxygen atoms in total. The van der Waals surface area contributed by atoms with Gasteiger partial charge in [0.05, 0.1) is 0 Å². The molecule has 2 unspecified atom stereocenters. The Labute approximate surface area is 197 Å². The molecule has 30 heavy (non-hydrogen) atoms. The van der Waals surface area contributed by atoms with Gasteiger partial charge in [-0.25, -0.2) is 0 Å². The molecule has 2 aliphatic rings. The fraction of sp³-hybridized carbons (Fsp3) is 0.810. The van der Waals surface area contributed by atoms with Crippen molar-refractivity contribution >= 4 is 35.8 Å². The van der Waals surface area contributed by atoms with E-state index in [1.807, 2.05) is 4.90 Å². The summed E-state index contributed by atoms with van der Waals surface area (Å²) < 4.78 is 2.09. The summed E-state index contributed by atoms with van der Waals surface area (Å²) in [5.74, 6) is 2.86. The average Bonchev–Trinajstić information content (AvgIpc) is 3.35. The van der Waals surface area contributed by atoms with Crippen molar-refractivity contribution in [1.82, 2.24) is 30.3 Å². The maximum absolute atomic E-state index is 11.8. The first-order valence-electron chi connectivity index (χ1n) is 11.4. The van der Waals surface area contributed by atoms with Crippen LogP contribution in [0.1, 0.15) is 64.6 Å². The van der Waals surface area contributed by atoms with E-state index in [0.29, 0.717) is 24.3 Å². The number of rotatable bonds is 9. The summed E-state index contributed by atoms with van der Waals surface area (Å²) in [7, 11) is 0. The van der Waals surface area contributed by atoms with Crippen LogP contribution in [0.5, 0.6) is 0 Å². The minimum atomic E-state index is 0. The maximum atomic E-state index is 11.8. The van der Waals surface area contributed by atoms with Gasteiger partial charge in [0.25, 0.3) is 0 Å². The lowest BCUT2D eigenvalue weighted by molar-refractivity contribution is -0.127. The lowest BCUT2D eigenvalue weighted by atomic mass is 9.86. The van der Waals surface area contributed by atoms with E-state index < -0.39 is 0 Å². The lowest BCUT2D eigenvalue weighted by Crippen LogP contribution is -2.48. The van der Waals surface area contributed by atoms with Crippen molar-refractivity contribution in [3.8, 4) is 0 Å². The average molecular weight is 531 g/mol. The second-order valence-corrected chi connectivity index (χ2v) is 8.30. The van der Waals surface area contributed by atoms with Crippen LogP contribution in [0.25, 0.3) is 0 Å². The van der Waals surface area contributed by atoms with Gasteiger partial charge in [0.1, 0.15) is 12.2 Å². The van der Waals surface area contributed by atoms with Gasteiger partial charge in [-0.05, 0) is 31.6 Å². The molecule has 9 heteroatoms. The Bertz CT molecular complexity index is 678. The molecule has 1 aliphatic heterocycles. The van der Waals surface area contributed by atoms with Crippen LogP contribution < -0.4 is 10.6 Å². The predicted molar refractivity (Wildman–Crippen MR) is 130 cm³/mol. The van der Waals surface area contributed by atoms with Crippen molar-refractivity contribution < 1.29 is 4.79 Å². The number of amides is 1. The molecule has 0 aromatic carbocycles. The summed E-state index contributed by atoms with van der Waals surface area (Å²) in [5, 5.41) is 15.3. The van der Waals surface area contributed by atoms with Crippen LogP contribution in [0.2, 0.25) is 0 Å². The van der Waals surface area contributed by atoms with E-state index in [1.165, 1.54) is 25.7 Å². The molecule has 2 atom stereocenters. The molecular formula is C21H38IN7O. The minimum Gasteiger partial charge on any atom is -0.355 e. The fourth-order valence-electron chi connectivity index (χ4n) is 4.29. The number of halogens is 1. The highest BCUT2D eigenvalue weighted by Crippen LogP contribution is 2.23. The van der Waals surface area contributed by atoms with Crippen molar-refractivity contribution in [1.29, 1.82) is 0 Å². The molecule has 1 aliphatic carbocycles. The van der Waals surface area contributed by atoms with Crippen LogP contribution in [-0.4, -0.2) is 63.8 Å². The Kier molecular flexibility index (Phi) is 10.9. The van der Waals surface area contributed by atoms with E-state index in [-0.39, 0.29) is 24.0 Å². The van der Waals surface area contributed by atoms with Crippen LogP contribution in [-0.2, 0) is 17.8 Å². The molecule has 1 amide bonds.